The fourth-order valence-electron chi connectivity index (χ4n) is 2.14. The molecule has 1 fully saturated rings. The quantitative estimate of drug-likeness (QED) is 0.807. The van der Waals surface area contributed by atoms with Crippen LogP contribution in [-0.4, -0.2) is 4.37 Å². The fourth-order valence-corrected chi connectivity index (χ4v) is 2.74. The molecule has 0 amide bonds. The number of hydrogen-bond acceptors (Lipinski definition) is 3. The third-order valence-electron chi connectivity index (χ3n) is 2.89. The zero-order valence-corrected chi connectivity index (χ0v) is 8.59. The molecule has 72 valence electrons. The average molecular weight is 196 g/mol. The molecule has 2 rings (SSSR count). The number of hydrogen-bond donors (Lipinski definition) is 1. The summed E-state index contributed by atoms with van der Waals surface area (Å²) in [6.07, 6.45) is 8.57. The van der Waals surface area contributed by atoms with Gasteiger partial charge in [-0.1, -0.05) is 25.7 Å². The number of rotatable bonds is 3. The predicted molar refractivity (Wildman–Crippen MR) is 55.6 cm³/mol. The van der Waals surface area contributed by atoms with Gasteiger partial charge in [-0.05, 0) is 29.9 Å². The summed E-state index contributed by atoms with van der Waals surface area (Å²) < 4.78 is 4.08. The van der Waals surface area contributed by atoms with E-state index in [1.165, 1.54) is 42.1 Å². The normalized spacial score (nSPS) is 20.7. The Bertz CT molecular complexity index is 239. The van der Waals surface area contributed by atoms with Crippen LogP contribution in [0.2, 0.25) is 0 Å². The van der Waals surface area contributed by atoms with E-state index >= 15 is 0 Å². The van der Waals surface area contributed by atoms with Gasteiger partial charge in [0.2, 0.25) is 0 Å². The van der Waals surface area contributed by atoms with Crippen molar-refractivity contribution in [3.8, 4) is 0 Å². The van der Waals surface area contributed by atoms with Gasteiger partial charge in [0, 0.05) is 17.1 Å². The third kappa shape index (κ3) is 2.29. The maximum Gasteiger partial charge on any atom is 0.0420 e. The summed E-state index contributed by atoms with van der Waals surface area (Å²) in [7, 11) is 0. The highest BCUT2D eigenvalue weighted by atomic mass is 32.1. The minimum Gasteiger partial charge on any atom is -0.323 e. The maximum atomic E-state index is 6.09. The second-order valence-corrected chi connectivity index (χ2v) is 4.77. The molecule has 1 saturated carbocycles. The monoisotopic (exact) mass is 196 g/mol. The minimum absolute atomic E-state index is 0.232. The molecule has 0 bridgehead atoms. The van der Waals surface area contributed by atoms with Gasteiger partial charge in [0.25, 0.3) is 0 Å². The van der Waals surface area contributed by atoms with E-state index in [2.05, 4.69) is 4.37 Å². The van der Waals surface area contributed by atoms with Gasteiger partial charge in [0.1, 0.15) is 0 Å². The van der Waals surface area contributed by atoms with Crippen molar-refractivity contribution in [3.05, 3.63) is 17.1 Å². The molecule has 1 heterocycles. The molecule has 1 atom stereocenters. The van der Waals surface area contributed by atoms with Crippen molar-refractivity contribution in [2.75, 3.05) is 0 Å². The molecule has 0 aromatic carbocycles. The highest BCUT2D eigenvalue weighted by Gasteiger charge is 2.19. The van der Waals surface area contributed by atoms with Crippen molar-refractivity contribution in [1.29, 1.82) is 0 Å². The smallest absolute Gasteiger partial charge is 0.0420 e. The van der Waals surface area contributed by atoms with Gasteiger partial charge in [0.05, 0.1) is 0 Å². The van der Waals surface area contributed by atoms with Gasteiger partial charge in [-0.15, -0.1) is 0 Å². The Labute approximate surface area is 83.3 Å². The van der Waals surface area contributed by atoms with Crippen molar-refractivity contribution < 1.29 is 0 Å². The Morgan fingerprint density at radius 2 is 2.31 bits per heavy atom. The number of nitrogens with zero attached hydrogens (tertiary/aromatic N) is 1. The molecule has 1 aromatic heterocycles. The van der Waals surface area contributed by atoms with Crippen LogP contribution in [0.3, 0.4) is 0 Å². The Balaban J connectivity index is 1.87. The zero-order chi connectivity index (χ0) is 9.10. The van der Waals surface area contributed by atoms with E-state index < -0.39 is 0 Å². The molecule has 0 saturated heterocycles. The van der Waals surface area contributed by atoms with Crippen LogP contribution in [-0.2, 0) is 0 Å². The van der Waals surface area contributed by atoms with Crippen LogP contribution in [0.25, 0.3) is 0 Å². The standard InChI is InChI=1S/C10H16N2S/c11-9(10-5-6-12-13-10)7-8-3-1-2-4-8/h5-6,8-9H,1-4,7,11H2. The second-order valence-electron chi connectivity index (χ2n) is 3.91. The molecule has 0 aliphatic heterocycles. The van der Waals surface area contributed by atoms with E-state index in [1.807, 2.05) is 12.3 Å². The molecule has 1 aromatic rings. The summed E-state index contributed by atoms with van der Waals surface area (Å²) in [5.41, 5.74) is 6.09. The predicted octanol–water partition coefficient (Wildman–Crippen LogP) is 2.72. The first-order valence-electron chi connectivity index (χ1n) is 5.02. The first-order valence-corrected chi connectivity index (χ1v) is 5.80. The average Bonchev–Trinajstić information content (AvgIpc) is 2.74. The van der Waals surface area contributed by atoms with Crippen LogP contribution in [0.5, 0.6) is 0 Å². The van der Waals surface area contributed by atoms with Crippen LogP contribution in [0.1, 0.15) is 43.0 Å². The molecule has 13 heavy (non-hydrogen) atoms. The maximum absolute atomic E-state index is 6.09. The summed E-state index contributed by atoms with van der Waals surface area (Å²) >= 11 is 1.54. The highest BCUT2D eigenvalue weighted by Crippen LogP contribution is 2.32. The Morgan fingerprint density at radius 1 is 1.54 bits per heavy atom. The molecule has 1 unspecified atom stereocenters. The lowest BCUT2D eigenvalue weighted by Crippen LogP contribution is -2.12. The zero-order valence-electron chi connectivity index (χ0n) is 7.78. The summed E-state index contributed by atoms with van der Waals surface area (Å²) in [4.78, 5) is 1.24. The fraction of sp³-hybridized carbons (Fsp3) is 0.700. The van der Waals surface area contributed by atoms with Crippen molar-refractivity contribution >= 4 is 11.5 Å². The van der Waals surface area contributed by atoms with Gasteiger partial charge >= 0.3 is 0 Å². The highest BCUT2D eigenvalue weighted by molar-refractivity contribution is 7.05. The van der Waals surface area contributed by atoms with Gasteiger partial charge in [-0.2, -0.15) is 0 Å². The molecule has 0 radical (unpaired) electrons. The van der Waals surface area contributed by atoms with E-state index in [-0.39, 0.29) is 6.04 Å². The molecule has 0 spiro atoms. The van der Waals surface area contributed by atoms with E-state index in [0.717, 1.165) is 12.3 Å². The van der Waals surface area contributed by atoms with Gasteiger partial charge < -0.3 is 5.73 Å². The van der Waals surface area contributed by atoms with E-state index in [4.69, 9.17) is 5.73 Å². The van der Waals surface area contributed by atoms with Crippen LogP contribution in [0, 0.1) is 5.92 Å². The second kappa shape index (κ2) is 4.20. The Morgan fingerprint density at radius 3 is 2.92 bits per heavy atom. The molecule has 2 N–H and O–H groups in total. The summed E-state index contributed by atoms with van der Waals surface area (Å²) in [5, 5.41) is 0. The van der Waals surface area contributed by atoms with Crippen LogP contribution in [0.4, 0.5) is 0 Å². The molecular formula is C10H16N2S. The van der Waals surface area contributed by atoms with Crippen molar-refractivity contribution in [3.63, 3.8) is 0 Å². The van der Waals surface area contributed by atoms with Crippen molar-refractivity contribution in [2.24, 2.45) is 11.7 Å². The van der Waals surface area contributed by atoms with Crippen molar-refractivity contribution in [1.82, 2.24) is 4.37 Å². The number of aromatic nitrogens is 1. The molecular weight excluding hydrogens is 180 g/mol. The van der Waals surface area contributed by atoms with Crippen molar-refractivity contribution in [2.45, 2.75) is 38.1 Å². The van der Waals surface area contributed by atoms with E-state index in [0.29, 0.717) is 0 Å². The van der Waals surface area contributed by atoms with Crippen LogP contribution in [0.15, 0.2) is 12.3 Å². The number of nitrogens with two attached hydrogens (primary N) is 1. The summed E-state index contributed by atoms with van der Waals surface area (Å²) in [6, 6.07) is 2.28. The third-order valence-corrected chi connectivity index (χ3v) is 3.76. The lowest BCUT2D eigenvalue weighted by Gasteiger charge is -2.13. The lowest BCUT2D eigenvalue weighted by atomic mass is 9.98. The van der Waals surface area contributed by atoms with Gasteiger partial charge in [-0.3, -0.25) is 0 Å². The van der Waals surface area contributed by atoms with Gasteiger partial charge in [0.15, 0.2) is 0 Å². The molecule has 3 heteroatoms. The SMILES string of the molecule is NC(CC1CCCC1)c1ccns1. The molecule has 1 aliphatic carbocycles. The van der Waals surface area contributed by atoms with E-state index in [9.17, 15) is 0 Å². The first-order chi connectivity index (χ1) is 6.36. The largest absolute Gasteiger partial charge is 0.323 e. The lowest BCUT2D eigenvalue weighted by molar-refractivity contribution is 0.454. The first kappa shape index (κ1) is 9.16. The Kier molecular flexibility index (Phi) is 2.96. The molecule has 1 aliphatic rings. The van der Waals surface area contributed by atoms with Crippen LogP contribution >= 0.6 is 11.5 Å². The minimum atomic E-state index is 0.232. The van der Waals surface area contributed by atoms with E-state index in [1.54, 1.807) is 0 Å². The molecule has 2 nitrogen and oxygen atoms in total. The summed E-state index contributed by atoms with van der Waals surface area (Å²) in [6.45, 7) is 0. The van der Waals surface area contributed by atoms with Crippen LogP contribution < -0.4 is 5.73 Å². The van der Waals surface area contributed by atoms with Gasteiger partial charge in [-0.25, -0.2) is 4.37 Å². The topological polar surface area (TPSA) is 38.9 Å². The Hall–Kier alpha value is -0.410. The summed E-state index contributed by atoms with van der Waals surface area (Å²) in [5.74, 6) is 0.872.